The second-order valence-electron chi connectivity index (χ2n) is 11.0. The summed E-state index contributed by atoms with van der Waals surface area (Å²) in [5.74, 6) is -0.826. The minimum atomic E-state index is -0.504. The zero-order valence-electron chi connectivity index (χ0n) is 21.2. The van der Waals surface area contributed by atoms with Crippen LogP contribution in [0, 0.1) is 0 Å². The predicted octanol–water partition coefficient (Wildman–Crippen LogP) is 3.89. The van der Waals surface area contributed by atoms with Gasteiger partial charge in [0.25, 0.3) is 11.8 Å². The molecule has 2 aromatic rings. The van der Waals surface area contributed by atoms with E-state index in [1.807, 2.05) is 43.5 Å². The van der Waals surface area contributed by atoms with Crippen molar-refractivity contribution in [2.24, 2.45) is 0 Å². The number of benzene rings is 1. The molecule has 1 unspecified atom stereocenters. The fourth-order valence-electron chi connectivity index (χ4n) is 5.12. The van der Waals surface area contributed by atoms with E-state index in [1.54, 1.807) is 12.4 Å². The normalized spacial score (nSPS) is 19.5. The first kappa shape index (κ1) is 25.2. The first-order valence-electron chi connectivity index (χ1n) is 12.8. The van der Waals surface area contributed by atoms with Crippen molar-refractivity contribution in [2.75, 3.05) is 13.1 Å². The molecule has 2 N–H and O–H groups in total. The van der Waals surface area contributed by atoms with Gasteiger partial charge in [0.15, 0.2) is 0 Å². The number of carbonyl (C=O) groups is 2. The highest BCUT2D eigenvalue weighted by atomic mass is 16.2. The van der Waals surface area contributed by atoms with E-state index in [1.165, 1.54) is 12.0 Å². The van der Waals surface area contributed by atoms with Crippen molar-refractivity contribution in [1.82, 2.24) is 20.1 Å². The second kappa shape index (κ2) is 10.8. The van der Waals surface area contributed by atoms with Crippen LogP contribution in [0.25, 0.3) is 0 Å². The number of amides is 2. The monoisotopic (exact) mass is 478 g/mol. The molecular formula is C28H38N4O3. The van der Waals surface area contributed by atoms with Gasteiger partial charge in [-0.05, 0) is 45.6 Å². The number of nitrogens with one attached hydrogen (secondary N) is 2. The van der Waals surface area contributed by atoms with Crippen LogP contribution >= 0.6 is 0 Å². The first-order valence-corrected chi connectivity index (χ1v) is 12.8. The largest absolute Gasteiger partial charge is 0.349 e. The van der Waals surface area contributed by atoms with Crippen molar-refractivity contribution in [1.29, 1.82) is 0 Å². The lowest BCUT2D eigenvalue weighted by atomic mass is 9.95. The molecule has 0 spiro atoms. The van der Waals surface area contributed by atoms with E-state index in [4.69, 9.17) is 0 Å². The third kappa shape index (κ3) is 6.60. The van der Waals surface area contributed by atoms with E-state index < -0.39 is 22.8 Å². The molecule has 188 valence electrons. The summed E-state index contributed by atoms with van der Waals surface area (Å²) in [6.07, 6.45) is 9.54. The average molecular weight is 479 g/mol. The van der Waals surface area contributed by atoms with Crippen LogP contribution in [0.3, 0.4) is 0 Å². The summed E-state index contributed by atoms with van der Waals surface area (Å²) in [7, 11) is 0. The Balaban J connectivity index is 1.53. The molecule has 2 heterocycles. The maximum absolute atomic E-state index is 13.3. The molecule has 2 aliphatic rings. The smallest absolute Gasteiger partial charge is 0.257 e. The number of carbonyl (C=O) groups excluding carboxylic acids is 2. The Kier molecular flexibility index (Phi) is 7.75. The van der Waals surface area contributed by atoms with Crippen LogP contribution in [0.2, 0.25) is 0 Å². The van der Waals surface area contributed by atoms with Gasteiger partial charge in [-0.3, -0.25) is 19.3 Å². The molecule has 1 aliphatic carbocycles. The predicted molar refractivity (Wildman–Crippen MR) is 138 cm³/mol. The van der Waals surface area contributed by atoms with Crippen molar-refractivity contribution < 1.29 is 9.59 Å². The average Bonchev–Trinajstić information content (AvgIpc) is 3.25. The summed E-state index contributed by atoms with van der Waals surface area (Å²) in [6, 6.07) is 10.5. The third-order valence-electron chi connectivity index (χ3n) is 6.88. The first-order chi connectivity index (χ1) is 16.7. The molecule has 1 saturated carbocycles. The Bertz CT molecular complexity index is 1100. The molecule has 1 aromatic heterocycles. The molecule has 0 radical (unpaired) electrons. The highest BCUT2D eigenvalue weighted by Crippen LogP contribution is 2.28. The second-order valence-corrected chi connectivity index (χ2v) is 11.0. The highest BCUT2D eigenvalue weighted by molar-refractivity contribution is 5.99. The van der Waals surface area contributed by atoms with E-state index in [-0.39, 0.29) is 23.2 Å². The molecule has 1 aromatic carbocycles. The van der Waals surface area contributed by atoms with Gasteiger partial charge in [0.1, 0.15) is 11.1 Å². The molecule has 1 aliphatic heterocycles. The Morgan fingerprint density at radius 1 is 0.943 bits per heavy atom. The molecule has 7 heteroatoms. The van der Waals surface area contributed by atoms with E-state index in [9.17, 15) is 14.4 Å². The van der Waals surface area contributed by atoms with E-state index in [0.29, 0.717) is 0 Å². The number of likely N-dealkylation sites (tertiary alicyclic amines) is 1. The standard InChI is InChI=1S/C28H38N4O3/c1-28(2,3)30-27(35)24-19-32(22-12-8-5-9-13-22)18-23(25(24)33)26(34)29-21-14-15-31(17-21)16-20-10-6-4-7-11-20/h4,6-7,10-11,18-19,21-22H,5,8-9,12-17H2,1-3H3,(H,29,34)(H,30,35). The Hall–Kier alpha value is -2.93. The Morgan fingerprint density at radius 3 is 2.26 bits per heavy atom. The van der Waals surface area contributed by atoms with Crippen LogP contribution in [0.15, 0.2) is 47.5 Å². The van der Waals surface area contributed by atoms with Crippen LogP contribution in [-0.2, 0) is 6.54 Å². The summed E-state index contributed by atoms with van der Waals surface area (Å²) in [4.78, 5) is 41.9. The molecule has 1 saturated heterocycles. The third-order valence-corrected chi connectivity index (χ3v) is 6.88. The van der Waals surface area contributed by atoms with E-state index in [0.717, 1.165) is 51.7 Å². The summed E-state index contributed by atoms with van der Waals surface area (Å²) >= 11 is 0. The van der Waals surface area contributed by atoms with Gasteiger partial charge >= 0.3 is 0 Å². The number of aromatic nitrogens is 1. The summed E-state index contributed by atoms with van der Waals surface area (Å²) in [5.41, 5.74) is 0.348. The Labute approximate surface area is 207 Å². The van der Waals surface area contributed by atoms with Crippen molar-refractivity contribution in [3.8, 4) is 0 Å². The molecule has 1 atom stereocenters. The van der Waals surface area contributed by atoms with Crippen LogP contribution in [0.1, 0.15) is 91.6 Å². The topological polar surface area (TPSA) is 83.4 Å². The highest BCUT2D eigenvalue weighted by Gasteiger charge is 2.28. The summed E-state index contributed by atoms with van der Waals surface area (Å²) in [5, 5.41) is 5.95. The van der Waals surface area contributed by atoms with Crippen LogP contribution in [0.4, 0.5) is 0 Å². The summed E-state index contributed by atoms with van der Waals surface area (Å²) < 4.78 is 1.93. The van der Waals surface area contributed by atoms with Gasteiger partial charge in [0, 0.05) is 49.7 Å². The minimum Gasteiger partial charge on any atom is -0.349 e. The molecule has 4 rings (SSSR count). The fourth-order valence-corrected chi connectivity index (χ4v) is 5.12. The van der Waals surface area contributed by atoms with Crippen LogP contribution in [0.5, 0.6) is 0 Å². The van der Waals surface area contributed by atoms with Gasteiger partial charge in [-0.1, -0.05) is 49.6 Å². The van der Waals surface area contributed by atoms with Gasteiger partial charge in [0.05, 0.1) is 0 Å². The van der Waals surface area contributed by atoms with Gasteiger partial charge in [-0.2, -0.15) is 0 Å². The van der Waals surface area contributed by atoms with Crippen molar-refractivity contribution >= 4 is 11.8 Å². The number of hydrogen-bond acceptors (Lipinski definition) is 4. The molecule has 2 amide bonds. The number of hydrogen-bond donors (Lipinski definition) is 2. The zero-order valence-corrected chi connectivity index (χ0v) is 21.2. The number of nitrogens with zero attached hydrogens (tertiary/aromatic N) is 2. The van der Waals surface area contributed by atoms with Crippen molar-refractivity contribution in [3.05, 3.63) is 69.6 Å². The van der Waals surface area contributed by atoms with Gasteiger partial charge in [-0.25, -0.2) is 0 Å². The SMILES string of the molecule is CC(C)(C)NC(=O)c1cn(C2CCCCC2)cc(C(=O)NC2CCN(Cc3ccccc3)C2)c1=O. The molecule has 2 fully saturated rings. The molecule has 0 bridgehead atoms. The molecular weight excluding hydrogens is 440 g/mol. The maximum atomic E-state index is 13.3. The zero-order chi connectivity index (χ0) is 25.0. The van der Waals surface area contributed by atoms with E-state index >= 15 is 0 Å². The maximum Gasteiger partial charge on any atom is 0.257 e. The number of rotatable bonds is 6. The lowest BCUT2D eigenvalue weighted by molar-refractivity contribution is 0.0917. The minimum absolute atomic E-state index is 0.0270. The van der Waals surface area contributed by atoms with Crippen molar-refractivity contribution in [2.45, 2.75) is 83.5 Å². The summed E-state index contributed by atoms with van der Waals surface area (Å²) in [6.45, 7) is 8.10. The lowest BCUT2D eigenvalue weighted by Crippen LogP contribution is -2.44. The molecule has 7 nitrogen and oxygen atoms in total. The van der Waals surface area contributed by atoms with Gasteiger partial charge in [-0.15, -0.1) is 0 Å². The van der Waals surface area contributed by atoms with Gasteiger partial charge < -0.3 is 15.2 Å². The van der Waals surface area contributed by atoms with Gasteiger partial charge in [0.2, 0.25) is 5.43 Å². The number of pyridine rings is 1. The van der Waals surface area contributed by atoms with Crippen LogP contribution < -0.4 is 16.1 Å². The Morgan fingerprint density at radius 2 is 1.60 bits per heavy atom. The van der Waals surface area contributed by atoms with Crippen LogP contribution in [-0.4, -0.2) is 46.0 Å². The molecule has 35 heavy (non-hydrogen) atoms. The van der Waals surface area contributed by atoms with E-state index in [2.05, 4.69) is 27.7 Å². The quantitative estimate of drug-likeness (QED) is 0.660. The fraction of sp³-hybridized carbons (Fsp3) is 0.536. The van der Waals surface area contributed by atoms with Crippen molar-refractivity contribution in [3.63, 3.8) is 0 Å². The lowest BCUT2D eigenvalue weighted by Gasteiger charge is -2.26.